The average Bonchev–Trinajstić information content (AvgIpc) is 3.24. The van der Waals surface area contributed by atoms with Gasteiger partial charge >= 0.3 is 12.1 Å². The molecule has 0 atom stereocenters. The second kappa shape index (κ2) is 9.43. The van der Waals surface area contributed by atoms with Crippen molar-refractivity contribution >= 4 is 39.2 Å². The van der Waals surface area contributed by atoms with E-state index < -0.39 is 11.6 Å². The molecule has 0 spiro atoms. The Morgan fingerprint density at radius 1 is 1.12 bits per heavy atom. The van der Waals surface area contributed by atoms with Gasteiger partial charge in [-0.3, -0.25) is 0 Å². The lowest BCUT2D eigenvalue weighted by Crippen LogP contribution is -2.48. The predicted octanol–water partition coefficient (Wildman–Crippen LogP) is 6.01. The van der Waals surface area contributed by atoms with Crippen molar-refractivity contribution in [3.05, 3.63) is 65.0 Å². The number of amides is 1. The van der Waals surface area contributed by atoms with Crippen LogP contribution in [0, 0.1) is 0 Å². The number of thiophene rings is 1. The van der Waals surface area contributed by atoms with Crippen molar-refractivity contribution in [1.82, 2.24) is 4.90 Å². The Morgan fingerprint density at radius 2 is 1.88 bits per heavy atom. The number of rotatable bonds is 5. The molecule has 0 aliphatic carbocycles. The Bertz CT molecular complexity index is 1140. The van der Waals surface area contributed by atoms with Crippen molar-refractivity contribution in [3.8, 4) is 0 Å². The van der Waals surface area contributed by atoms with Crippen molar-refractivity contribution in [2.45, 2.75) is 51.8 Å². The van der Waals surface area contributed by atoms with Gasteiger partial charge < -0.3 is 19.6 Å². The van der Waals surface area contributed by atoms with Gasteiger partial charge in [-0.05, 0) is 86.3 Å². The minimum atomic E-state index is -0.922. The molecule has 0 unspecified atom stereocenters. The van der Waals surface area contributed by atoms with E-state index in [1.165, 1.54) is 10.1 Å². The summed E-state index contributed by atoms with van der Waals surface area (Å²) < 4.78 is 6.79. The first-order valence-corrected chi connectivity index (χ1v) is 12.1. The number of nitrogens with zero attached hydrogens (tertiary/aromatic N) is 2. The normalized spacial score (nSPS) is 14.9. The number of carboxylic acids is 1. The Morgan fingerprint density at radius 3 is 2.58 bits per heavy atom. The number of piperidine rings is 1. The van der Waals surface area contributed by atoms with Crippen LogP contribution in [0.5, 0.6) is 0 Å². The molecule has 33 heavy (non-hydrogen) atoms. The van der Waals surface area contributed by atoms with E-state index in [-0.39, 0.29) is 12.1 Å². The summed E-state index contributed by atoms with van der Waals surface area (Å²) in [5.74, 6) is -0.922. The van der Waals surface area contributed by atoms with Crippen LogP contribution >= 0.6 is 11.3 Å². The molecule has 0 saturated carbocycles. The van der Waals surface area contributed by atoms with Gasteiger partial charge in [0.1, 0.15) is 5.60 Å². The molecule has 174 valence electrons. The maximum absolute atomic E-state index is 12.5. The van der Waals surface area contributed by atoms with Gasteiger partial charge in [0.2, 0.25) is 0 Å². The number of benzene rings is 2. The first-order chi connectivity index (χ1) is 15.7. The smallest absolute Gasteiger partial charge is 0.410 e. The van der Waals surface area contributed by atoms with Crippen LogP contribution in [0.3, 0.4) is 0 Å². The number of carbonyl (C=O) groups excluding carboxylic acids is 1. The second-order valence-corrected chi connectivity index (χ2v) is 10.4. The minimum Gasteiger partial charge on any atom is -0.478 e. The van der Waals surface area contributed by atoms with Crippen molar-refractivity contribution in [1.29, 1.82) is 0 Å². The summed E-state index contributed by atoms with van der Waals surface area (Å²) in [4.78, 5) is 28.1. The molecule has 1 saturated heterocycles. The number of anilines is 1. The zero-order valence-corrected chi connectivity index (χ0v) is 20.1. The van der Waals surface area contributed by atoms with E-state index in [9.17, 15) is 14.7 Å². The number of hydrogen-bond acceptors (Lipinski definition) is 5. The number of likely N-dealkylation sites (tertiary alicyclic amines) is 1. The molecular weight excluding hydrogens is 436 g/mol. The minimum absolute atomic E-state index is 0.230. The van der Waals surface area contributed by atoms with Gasteiger partial charge in [0, 0.05) is 36.1 Å². The average molecular weight is 467 g/mol. The Balaban J connectivity index is 1.56. The van der Waals surface area contributed by atoms with Gasteiger partial charge in [-0.25, -0.2) is 9.59 Å². The topological polar surface area (TPSA) is 70.1 Å². The highest BCUT2D eigenvalue weighted by molar-refractivity contribution is 7.17. The van der Waals surface area contributed by atoms with Gasteiger partial charge in [-0.15, -0.1) is 11.3 Å². The Labute approximate surface area is 198 Å². The molecule has 1 fully saturated rings. The van der Waals surface area contributed by atoms with E-state index in [4.69, 9.17) is 4.74 Å². The molecule has 0 radical (unpaired) electrons. The van der Waals surface area contributed by atoms with E-state index in [1.54, 1.807) is 34.4 Å². The Kier molecular flexibility index (Phi) is 6.61. The molecule has 3 aromatic rings. The maximum atomic E-state index is 12.5. The van der Waals surface area contributed by atoms with Crippen molar-refractivity contribution in [2.75, 3.05) is 18.0 Å². The molecule has 7 heteroatoms. The van der Waals surface area contributed by atoms with Crippen LogP contribution in [-0.4, -0.2) is 46.8 Å². The van der Waals surface area contributed by atoms with Gasteiger partial charge in [0.25, 0.3) is 0 Å². The fourth-order valence-electron chi connectivity index (χ4n) is 4.25. The molecule has 2 heterocycles. The molecule has 2 aromatic carbocycles. The van der Waals surface area contributed by atoms with E-state index in [0.717, 1.165) is 24.1 Å². The highest BCUT2D eigenvalue weighted by atomic mass is 32.1. The molecule has 1 aliphatic rings. The summed E-state index contributed by atoms with van der Waals surface area (Å²) in [5, 5.41) is 12.7. The lowest BCUT2D eigenvalue weighted by molar-refractivity contribution is 0.0204. The molecular formula is C26H30N2O4S. The molecule has 4 rings (SSSR count). The standard InChI is InChI=1S/C26H30N2O4S/c1-26(2,3)32-25(31)27-12-9-21(10-13-27)28(17-18-5-4-6-20(15-18)24(29)30)22-7-8-23-19(16-22)11-14-33-23/h4-8,11,14-16,21H,9-10,12-13,17H2,1-3H3,(H,29,30). The summed E-state index contributed by atoms with van der Waals surface area (Å²) in [7, 11) is 0. The van der Waals surface area contributed by atoms with Gasteiger partial charge in [-0.2, -0.15) is 0 Å². The molecule has 1 aromatic heterocycles. The summed E-state index contributed by atoms with van der Waals surface area (Å²) >= 11 is 1.72. The summed E-state index contributed by atoms with van der Waals surface area (Å²) in [6.45, 7) is 7.51. The van der Waals surface area contributed by atoms with Crippen molar-refractivity contribution < 1.29 is 19.4 Å². The fraction of sp³-hybridized carbons (Fsp3) is 0.385. The summed E-state index contributed by atoms with van der Waals surface area (Å²) in [5.41, 5.74) is 1.85. The van der Waals surface area contributed by atoms with Crippen LogP contribution in [0.25, 0.3) is 10.1 Å². The predicted molar refractivity (Wildman–Crippen MR) is 132 cm³/mol. The number of fused-ring (bicyclic) bond motifs is 1. The van der Waals surface area contributed by atoms with Crippen LogP contribution in [0.2, 0.25) is 0 Å². The van der Waals surface area contributed by atoms with E-state index in [1.807, 2.05) is 26.8 Å². The first-order valence-electron chi connectivity index (χ1n) is 11.2. The summed E-state index contributed by atoms with van der Waals surface area (Å²) in [6, 6.07) is 16.0. The number of hydrogen-bond donors (Lipinski definition) is 1. The Hall–Kier alpha value is -3.06. The fourth-order valence-corrected chi connectivity index (χ4v) is 5.02. The van der Waals surface area contributed by atoms with Crippen LogP contribution in [0.1, 0.15) is 49.5 Å². The number of carboxylic acid groups (broad SMARTS) is 1. The second-order valence-electron chi connectivity index (χ2n) is 9.47. The zero-order valence-electron chi connectivity index (χ0n) is 19.3. The SMILES string of the molecule is CC(C)(C)OC(=O)N1CCC(N(Cc2cccc(C(=O)O)c2)c2ccc3sccc3c2)CC1. The largest absolute Gasteiger partial charge is 0.478 e. The lowest BCUT2D eigenvalue weighted by Gasteiger charge is -2.40. The van der Waals surface area contributed by atoms with E-state index in [2.05, 4.69) is 34.5 Å². The third-order valence-electron chi connectivity index (χ3n) is 5.85. The van der Waals surface area contributed by atoms with E-state index >= 15 is 0 Å². The highest BCUT2D eigenvalue weighted by Crippen LogP contribution is 2.31. The van der Waals surface area contributed by atoms with Crippen molar-refractivity contribution in [2.24, 2.45) is 0 Å². The zero-order chi connectivity index (χ0) is 23.6. The lowest BCUT2D eigenvalue weighted by atomic mass is 10.0. The monoisotopic (exact) mass is 466 g/mol. The third-order valence-corrected chi connectivity index (χ3v) is 6.75. The third kappa shape index (κ3) is 5.66. The molecule has 1 aliphatic heterocycles. The van der Waals surface area contributed by atoms with Crippen LogP contribution in [0.4, 0.5) is 10.5 Å². The molecule has 0 bridgehead atoms. The highest BCUT2D eigenvalue weighted by Gasteiger charge is 2.30. The van der Waals surface area contributed by atoms with Crippen LogP contribution < -0.4 is 4.90 Å². The first kappa shape index (κ1) is 23.1. The molecule has 1 amide bonds. The molecule has 1 N–H and O–H groups in total. The molecule has 6 nitrogen and oxygen atoms in total. The quantitative estimate of drug-likeness (QED) is 0.499. The van der Waals surface area contributed by atoms with E-state index in [0.29, 0.717) is 25.2 Å². The number of aromatic carboxylic acids is 1. The van der Waals surface area contributed by atoms with Gasteiger partial charge in [0.15, 0.2) is 0 Å². The summed E-state index contributed by atoms with van der Waals surface area (Å²) in [6.07, 6.45) is 1.38. The van der Waals surface area contributed by atoms with Crippen LogP contribution in [0.15, 0.2) is 53.9 Å². The van der Waals surface area contributed by atoms with Crippen molar-refractivity contribution in [3.63, 3.8) is 0 Å². The maximum Gasteiger partial charge on any atom is 0.410 e. The van der Waals surface area contributed by atoms with Crippen LogP contribution in [-0.2, 0) is 11.3 Å². The number of ether oxygens (including phenoxy) is 1. The van der Waals surface area contributed by atoms with Gasteiger partial charge in [-0.1, -0.05) is 12.1 Å². The van der Waals surface area contributed by atoms with Gasteiger partial charge in [0.05, 0.1) is 5.56 Å². The number of carbonyl (C=O) groups is 2.